The molecule has 1 heterocycles. The molecule has 2 aliphatic rings. The number of carbonyl (C=O) groups excluding carboxylic acids is 4. The van der Waals surface area contributed by atoms with E-state index in [9.17, 15) is 19.2 Å². The van der Waals surface area contributed by atoms with E-state index in [0.29, 0.717) is 12.0 Å². The number of Topliss-reactive ketones (excluding diaryl/α,β-unsaturated/α-hetero) is 2. The van der Waals surface area contributed by atoms with Crippen LogP contribution in [0.2, 0.25) is 0 Å². The summed E-state index contributed by atoms with van der Waals surface area (Å²) in [5, 5.41) is 2.68. The summed E-state index contributed by atoms with van der Waals surface area (Å²) >= 11 is 2.27. The predicted octanol–water partition coefficient (Wildman–Crippen LogP) is 4.09. The largest absolute Gasteiger partial charge is 0.439 e. The van der Waals surface area contributed by atoms with Gasteiger partial charge in [-0.2, -0.15) is 0 Å². The molecule has 250 valence electrons. The first-order chi connectivity index (χ1) is 21.3. The molecule has 0 radical (unpaired) electrons. The van der Waals surface area contributed by atoms with Crippen molar-refractivity contribution in [2.75, 3.05) is 41.0 Å². The second-order valence-electron chi connectivity index (χ2n) is 10.9. The van der Waals surface area contributed by atoms with Crippen LogP contribution in [-0.2, 0) is 38.1 Å². The van der Waals surface area contributed by atoms with Crippen LogP contribution in [0.1, 0.15) is 34.1 Å². The normalized spacial score (nSPS) is 32.4. The molecule has 2 rings (SSSR count). The summed E-state index contributed by atoms with van der Waals surface area (Å²) in [4.78, 5) is 53.4. The molecule has 45 heavy (non-hydrogen) atoms. The van der Waals surface area contributed by atoms with E-state index < -0.39 is 48.3 Å². The summed E-state index contributed by atoms with van der Waals surface area (Å²) < 4.78 is 28.8. The van der Waals surface area contributed by atoms with Crippen LogP contribution in [0.15, 0.2) is 56.5 Å². The summed E-state index contributed by atoms with van der Waals surface area (Å²) in [5.41, 5.74) is 6.43. The molecule has 13 heteroatoms. The fourth-order valence-electron chi connectivity index (χ4n) is 5.69. The molecule has 0 fully saturated rings. The second kappa shape index (κ2) is 17.9. The van der Waals surface area contributed by atoms with E-state index in [1.165, 1.54) is 32.1 Å². The third-order valence-electron chi connectivity index (χ3n) is 7.91. The Morgan fingerprint density at radius 2 is 1.56 bits per heavy atom. The van der Waals surface area contributed by atoms with Crippen molar-refractivity contribution >= 4 is 47.1 Å². The molecular weight excluding hydrogens is 620 g/mol. The number of rotatable bonds is 7. The minimum absolute atomic E-state index is 0.0922. The summed E-state index contributed by atoms with van der Waals surface area (Å²) in [7, 11) is 6.11. The topological polar surface area (TPSA) is 152 Å². The number of hydrogen-bond donors (Lipinski definition) is 2. The number of methoxy groups -OCH3 is 4. The van der Waals surface area contributed by atoms with E-state index >= 15 is 0 Å². The van der Waals surface area contributed by atoms with E-state index in [1.54, 1.807) is 52.7 Å². The zero-order valence-corrected chi connectivity index (χ0v) is 29.3. The first-order valence-corrected chi connectivity index (χ1v) is 16.8. The van der Waals surface area contributed by atoms with Gasteiger partial charge in [0.1, 0.15) is 11.8 Å². The minimum atomic E-state index is -0.972. The Kier molecular flexibility index (Phi) is 15.3. The quantitative estimate of drug-likeness (QED) is 0.299. The molecule has 0 aromatic carbocycles. The van der Waals surface area contributed by atoms with Gasteiger partial charge in [-0.05, 0) is 44.3 Å². The number of nitrogens with two attached hydrogens (primary N) is 1. The number of primary amides is 1. The molecule has 2 bridgehead atoms. The van der Waals surface area contributed by atoms with Crippen LogP contribution in [0.3, 0.4) is 0 Å². The zero-order valence-electron chi connectivity index (χ0n) is 27.6. The standard InChI is InChI=1S/C32H46N2O9S2/c1-16-12-11-13-20(39-5)27(43-32(33)38)18(3)14-17(2)26(41-7)21(40-6)15-19(4)28(42-8)22-24(35)23(34-31(16)37)30(45-10)25(36)29(22)44-9/h11-14,17,19-21,26-28H,15H2,1-10H3,(H2,33,38)(H,34,37)/b13-11-,16-12+,18-14+/t17-,19-,20?,21-,26?,27-,28+/m0/s1. The Balaban J connectivity index is 2.82. The van der Waals surface area contributed by atoms with Crippen molar-refractivity contribution in [2.24, 2.45) is 17.6 Å². The fourth-order valence-corrected chi connectivity index (χ4v) is 7.11. The molecule has 7 atom stereocenters. The summed E-state index contributed by atoms with van der Waals surface area (Å²) in [6.45, 7) is 7.23. The maximum Gasteiger partial charge on any atom is 0.405 e. The molecule has 0 aromatic rings. The average molecular weight is 667 g/mol. The second-order valence-corrected chi connectivity index (χ2v) is 12.5. The maximum absolute atomic E-state index is 14.1. The van der Waals surface area contributed by atoms with Gasteiger partial charge in [0.15, 0.2) is 6.10 Å². The first kappa shape index (κ1) is 38.5. The Morgan fingerprint density at radius 1 is 0.911 bits per heavy atom. The number of fused-ring (bicyclic) bond motifs is 2. The van der Waals surface area contributed by atoms with E-state index in [4.69, 9.17) is 29.4 Å². The van der Waals surface area contributed by atoms with E-state index in [-0.39, 0.29) is 44.3 Å². The minimum Gasteiger partial charge on any atom is -0.439 e. The van der Waals surface area contributed by atoms with Gasteiger partial charge >= 0.3 is 6.09 Å². The number of ether oxygens (including phenoxy) is 5. The van der Waals surface area contributed by atoms with Crippen LogP contribution >= 0.6 is 23.5 Å². The molecule has 1 aliphatic heterocycles. The van der Waals surface area contributed by atoms with E-state index in [0.717, 1.165) is 11.8 Å². The lowest BCUT2D eigenvalue weighted by Gasteiger charge is -2.35. The van der Waals surface area contributed by atoms with Crippen LogP contribution in [-0.4, -0.2) is 95.0 Å². The monoisotopic (exact) mass is 666 g/mol. The van der Waals surface area contributed by atoms with Gasteiger partial charge < -0.3 is 34.7 Å². The lowest BCUT2D eigenvalue weighted by atomic mass is 9.83. The van der Waals surface area contributed by atoms with Gasteiger partial charge in [-0.25, -0.2) is 4.79 Å². The average Bonchev–Trinajstić information content (AvgIpc) is 3.00. The lowest BCUT2D eigenvalue weighted by molar-refractivity contribution is -0.121. The smallest absolute Gasteiger partial charge is 0.405 e. The first-order valence-electron chi connectivity index (χ1n) is 14.4. The highest BCUT2D eigenvalue weighted by Crippen LogP contribution is 2.39. The van der Waals surface area contributed by atoms with Crippen LogP contribution < -0.4 is 11.1 Å². The molecule has 0 saturated heterocycles. The highest BCUT2D eigenvalue weighted by molar-refractivity contribution is 8.05. The van der Waals surface area contributed by atoms with Gasteiger partial charge in [0.25, 0.3) is 5.91 Å². The Bertz CT molecular complexity index is 1290. The van der Waals surface area contributed by atoms with Gasteiger partial charge in [0.05, 0.1) is 28.1 Å². The third-order valence-corrected chi connectivity index (χ3v) is 9.53. The lowest BCUT2D eigenvalue weighted by Crippen LogP contribution is -2.42. The number of carbonyl (C=O) groups is 4. The van der Waals surface area contributed by atoms with Crippen molar-refractivity contribution in [3.63, 3.8) is 0 Å². The number of hydrogen-bond acceptors (Lipinski definition) is 11. The Labute approximate surface area is 274 Å². The van der Waals surface area contributed by atoms with Gasteiger partial charge in [0.2, 0.25) is 11.6 Å². The van der Waals surface area contributed by atoms with Gasteiger partial charge in [-0.1, -0.05) is 38.2 Å². The molecule has 0 aromatic heterocycles. The van der Waals surface area contributed by atoms with Gasteiger partial charge in [-0.3, -0.25) is 14.4 Å². The van der Waals surface area contributed by atoms with Crippen LogP contribution in [0.4, 0.5) is 4.79 Å². The Hall–Kier alpha value is -2.68. The number of amides is 2. The van der Waals surface area contributed by atoms with Gasteiger partial charge in [-0.15, -0.1) is 23.5 Å². The number of ketones is 2. The van der Waals surface area contributed by atoms with Crippen LogP contribution in [0, 0.1) is 11.8 Å². The SMILES string of the molecule is COC1[C@@H](OC)C[C@H](C)[C@@H](OC)C2=C(SC)C(=O)C(SC)=C(NC(=O)/C(C)=C/C=C\C(OC)[C@@H](OC(N)=O)/C(C)=C/[C@@H]1C)C2=O. The molecule has 2 unspecified atom stereocenters. The van der Waals surface area contributed by atoms with Crippen molar-refractivity contribution in [3.8, 4) is 0 Å². The third kappa shape index (κ3) is 9.20. The zero-order chi connectivity index (χ0) is 34.0. The van der Waals surface area contributed by atoms with E-state index in [1.807, 2.05) is 19.9 Å². The van der Waals surface area contributed by atoms with Crippen LogP contribution in [0.5, 0.6) is 0 Å². The van der Waals surface area contributed by atoms with Crippen molar-refractivity contribution in [2.45, 2.75) is 64.6 Å². The number of allylic oxidation sites excluding steroid dienone is 5. The predicted molar refractivity (Wildman–Crippen MR) is 176 cm³/mol. The van der Waals surface area contributed by atoms with Crippen molar-refractivity contribution < 1.29 is 42.9 Å². The summed E-state index contributed by atoms with van der Waals surface area (Å²) in [6, 6.07) is 0. The summed E-state index contributed by atoms with van der Waals surface area (Å²) in [5.74, 6) is -1.96. The number of nitrogens with one attached hydrogen (secondary N) is 1. The van der Waals surface area contributed by atoms with E-state index in [2.05, 4.69) is 5.32 Å². The molecule has 2 amide bonds. The van der Waals surface area contributed by atoms with Crippen LogP contribution in [0.25, 0.3) is 0 Å². The number of thioether (sulfide) groups is 2. The van der Waals surface area contributed by atoms with Gasteiger partial charge in [0, 0.05) is 45.5 Å². The molecule has 0 saturated carbocycles. The molecule has 11 nitrogen and oxygen atoms in total. The highest BCUT2D eigenvalue weighted by Gasteiger charge is 2.41. The van der Waals surface area contributed by atoms with Crippen molar-refractivity contribution in [1.82, 2.24) is 5.32 Å². The molecule has 0 spiro atoms. The Morgan fingerprint density at radius 3 is 2.07 bits per heavy atom. The van der Waals surface area contributed by atoms with Crippen molar-refractivity contribution in [1.29, 1.82) is 0 Å². The summed E-state index contributed by atoms with van der Waals surface area (Å²) in [6.07, 6.45) is 6.15. The maximum atomic E-state index is 14.1. The molecular formula is C32H46N2O9S2. The molecule has 3 N–H and O–H groups in total. The fraction of sp³-hybridized carbons (Fsp3) is 0.562. The van der Waals surface area contributed by atoms with Crippen molar-refractivity contribution in [3.05, 3.63) is 56.5 Å². The highest BCUT2D eigenvalue weighted by atomic mass is 32.2. The molecule has 1 aliphatic carbocycles.